The highest BCUT2D eigenvalue weighted by molar-refractivity contribution is 5.80. The molecule has 1 atom stereocenters. The highest BCUT2D eigenvalue weighted by Crippen LogP contribution is 2.20. The standard InChI is InChI=1S/C16H25N3O3/c1-5-22-16(21)13-7-6-8-19(10-13)15(20)9-14-11(2)17-18(4)12(14)3/h13H,5-10H2,1-4H3. The Morgan fingerprint density at radius 1 is 1.36 bits per heavy atom. The number of nitrogens with zero attached hydrogens (tertiary/aromatic N) is 3. The van der Waals surface area contributed by atoms with Crippen LogP contribution in [0.2, 0.25) is 0 Å². The fraction of sp³-hybridized carbons (Fsp3) is 0.688. The van der Waals surface area contributed by atoms with E-state index in [2.05, 4.69) is 5.10 Å². The first-order valence-electron chi connectivity index (χ1n) is 7.87. The Labute approximate surface area is 131 Å². The van der Waals surface area contributed by atoms with Crippen LogP contribution >= 0.6 is 0 Å². The second-order valence-corrected chi connectivity index (χ2v) is 5.88. The molecule has 6 heteroatoms. The van der Waals surface area contributed by atoms with Crippen molar-refractivity contribution in [2.45, 2.75) is 40.0 Å². The molecule has 1 aromatic heterocycles. The number of likely N-dealkylation sites (tertiary alicyclic amines) is 1. The summed E-state index contributed by atoms with van der Waals surface area (Å²) in [5, 5.41) is 4.35. The summed E-state index contributed by atoms with van der Waals surface area (Å²) in [5.41, 5.74) is 2.91. The molecule has 0 spiro atoms. The first-order valence-corrected chi connectivity index (χ1v) is 7.87. The summed E-state index contributed by atoms with van der Waals surface area (Å²) in [6.07, 6.45) is 1.99. The van der Waals surface area contributed by atoms with Crippen molar-refractivity contribution >= 4 is 11.9 Å². The Bertz CT molecular complexity index is 565. The van der Waals surface area contributed by atoms with Gasteiger partial charge in [0.1, 0.15) is 0 Å². The molecule has 0 aliphatic carbocycles. The monoisotopic (exact) mass is 307 g/mol. The molecule has 1 aliphatic heterocycles. The van der Waals surface area contributed by atoms with E-state index in [0.29, 0.717) is 26.1 Å². The van der Waals surface area contributed by atoms with Gasteiger partial charge in [0.2, 0.25) is 5.91 Å². The van der Waals surface area contributed by atoms with Crippen molar-refractivity contribution in [2.75, 3.05) is 19.7 Å². The lowest BCUT2D eigenvalue weighted by Gasteiger charge is -2.31. The molecule has 6 nitrogen and oxygen atoms in total. The van der Waals surface area contributed by atoms with Gasteiger partial charge in [0, 0.05) is 31.4 Å². The minimum atomic E-state index is -0.186. The Morgan fingerprint density at radius 3 is 2.68 bits per heavy atom. The van der Waals surface area contributed by atoms with Crippen molar-refractivity contribution in [2.24, 2.45) is 13.0 Å². The van der Waals surface area contributed by atoms with Crippen LogP contribution in [-0.2, 0) is 27.8 Å². The number of carbonyl (C=O) groups excluding carboxylic acids is 2. The van der Waals surface area contributed by atoms with E-state index in [0.717, 1.165) is 29.8 Å². The van der Waals surface area contributed by atoms with E-state index in [1.807, 2.05) is 20.9 Å². The van der Waals surface area contributed by atoms with Crippen LogP contribution in [0.5, 0.6) is 0 Å². The van der Waals surface area contributed by atoms with Gasteiger partial charge in [-0.25, -0.2) is 0 Å². The molecule has 0 aromatic carbocycles. The molecule has 0 bridgehead atoms. The molecule has 2 rings (SSSR count). The molecule has 0 N–H and O–H groups in total. The van der Waals surface area contributed by atoms with Crippen molar-refractivity contribution in [3.05, 3.63) is 17.0 Å². The van der Waals surface area contributed by atoms with Crippen molar-refractivity contribution < 1.29 is 14.3 Å². The summed E-state index contributed by atoms with van der Waals surface area (Å²) in [7, 11) is 1.88. The third-order valence-electron chi connectivity index (χ3n) is 4.38. The molecule has 1 aliphatic rings. The van der Waals surface area contributed by atoms with Gasteiger partial charge >= 0.3 is 5.97 Å². The van der Waals surface area contributed by atoms with Gasteiger partial charge in [0.15, 0.2) is 0 Å². The van der Waals surface area contributed by atoms with Gasteiger partial charge in [-0.2, -0.15) is 5.10 Å². The van der Waals surface area contributed by atoms with Crippen LogP contribution in [0.4, 0.5) is 0 Å². The van der Waals surface area contributed by atoms with Crippen LogP contribution in [0.3, 0.4) is 0 Å². The average molecular weight is 307 g/mol. The van der Waals surface area contributed by atoms with E-state index in [1.165, 1.54) is 0 Å². The second-order valence-electron chi connectivity index (χ2n) is 5.88. The Hall–Kier alpha value is -1.85. The molecule has 1 fully saturated rings. The summed E-state index contributed by atoms with van der Waals surface area (Å²) in [6, 6.07) is 0. The molecule has 1 aromatic rings. The molecular formula is C16H25N3O3. The fourth-order valence-corrected chi connectivity index (χ4v) is 2.99. The number of hydrogen-bond donors (Lipinski definition) is 0. The first-order chi connectivity index (χ1) is 10.4. The quantitative estimate of drug-likeness (QED) is 0.788. The molecular weight excluding hydrogens is 282 g/mol. The number of carbonyl (C=O) groups is 2. The topological polar surface area (TPSA) is 64.4 Å². The molecule has 1 amide bonds. The van der Waals surface area contributed by atoms with Gasteiger partial charge in [0.25, 0.3) is 0 Å². The van der Waals surface area contributed by atoms with Crippen LogP contribution in [0.15, 0.2) is 0 Å². The van der Waals surface area contributed by atoms with Crippen LogP contribution in [0.25, 0.3) is 0 Å². The van der Waals surface area contributed by atoms with Crippen LogP contribution in [-0.4, -0.2) is 46.3 Å². The number of piperidine rings is 1. The Morgan fingerprint density at radius 2 is 2.09 bits per heavy atom. The maximum absolute atomic E-state index is 12.5. The molecule has 22 heavy (non-hydrogen) atoms. The smallest absolute Gasteiger partial charge is 0.310 e. The predicted octanol–water partition coefficient (Wildman–Crippen LogP) is 1.38. The minimum absolute atomic E-state index is 0.0631. The van der Waals surface area contributed by atoms with Crippen molar-refractivity contribution in [3.8, 4) is 0 Å². The van der Waals surface area contributed by atoms with Crippen LogP contribution < -0.4 is 0 Å². The molecule has 1 unspecified atom stereocenters. The lowest BCUT2D eigenvalue weighted by atomic mass is 9.97. The van der Waals surface area contributed by atoms with Crippen LogP contribution in [0, 0.1) is 19.8 Å². The summed E-state index contributed by atoms with van der Waals surface area (Å²) < 4.78 is 6.88. The number of esters is 1. The highest BCUT2D eigenvalue weighted by atomic mass is 16.5. The van der Waals surface area contributed by atoms with E-state index >= 15 is 0 Å². The third-order valence-corrected chi connectivity index (χ3v) is 4.38. The van der Waals surface area contributed by atoms with Gasteiger partial charge in [-0.15, -0.1) is 0 Å². The second kappa shape index (κ2) is 6.94. The largest absolute Gasteiger partial charge is 0.466 e. The van der Waals surface area contributed by atoms with E-state index in [4.69, 9.17) is 4.74 Å². The predicted molar refractivity (Wildman–Crippen MR) is 82.3 cm³/mol. The van der Waals surface area contributed by atoms with E-state index in [-0.39, 0.29) is 17.8 Å². The first kappa shape index (κ1) is 16.5. The molecule has 1 saturated heterocycles. The summed E-state index contributed by atoms with van der Waals surface area (Å²) in [6.45, 7) is 7.27. The highest BCUT2D eigenvalue weighted by Gasteiger charge is 2.29. The SMILES string of the molecule is CCOC(=O)C1CCCN(C(=O)Cc2c(C)nn(C)c2C)C1. The lowest BCUT2D eigenvalue weighted by molar-refractivity contribution is -0.151. The van der Waals surface area contributed by atoms with Crippen molar-refractivity contribution in [1.82, 2.24) is 14.7 Å². The van der Waals surface area contributed by atoms with E-state index in [9.17, 15) is 9.59 Å². The summed E-state index contributed by atoms with van der Waals surface area (Å²) >= 11 is 0. The molecule has 2 heterocycles. The zero-order chi connectivity index (χ0) is 16.3. The number of hydrogen-bond acceptors (Lipinski definition) is 4. The van der Waals surface area contributed by atoms with Gasteiger partial charge in [-0.1, -0.05) is 0 Å². The van der Waals surface area contributed by atoms with Gasteiger partial charge in [-0.3, -0.25) is 14.3 Å². The number of ether oxygens (including phenoxy) is 1. The number of aromatic nitrogens is 2. The van der Waals surface area contributed by atoms with Crippen molar-refractivity contribution in [3.63, 3.8) is 0 Å². The van der Waals surface area contributed by atoms with Crippen molar-refractivity contribution in [1.29, 1.82) is 0 Å². The van der Waals surface area contributed by atoms with Gasteiger partial charge in [0.05, 0.1) is 24.6 Å². The number of amides is 1. The van der Waals surface area contributed by atoms with Crippen LogP contribution in [0.1, 0.15) is 36.7 Å². The molecule has 0 saturated carbocycles. The lowest BCUT2D eigenvalue weighted by Crippen LogP contribution is -2.43. The Kier molecular flexibility index (Phi) is 5.21. The summed E-state index contributed by atoms with van der Waals surface area (Å²) in [4.78, 5) is 26.2. The van der Waals surface area contributed by atoms with Gasteiger partial charge < -0.3 is 9.64 Å². The normalized spacial score (nSPS) is 18.4. The Balaban J connectivity index is 2.01. The number of rotatable bonds is 4. The average Bonchev–Trinajstić information content (AvgIpc) is 2.74. The summed E-state index contributed by atoms with van der Waals surface area (Å²) in [5.74, 6) is -0.310. The third kappa shape index (κ3) is 3.48. The maximum atomic E-state index is 12.5. The minimum Gasteiger partial charge on any atom is -0.466 e. The molecule has 122 valence electrons. The van der Waals surface area contributed by atoms with Gasteiger partial charge in [-0.05, 0) is 33.6 Å². The fourth-order valence-electron chi connectivity index (χ4n) is 2.99. The maximum Gasteiger partial charge on any atom is 0.310 e. The zero-order valence-electron chi connectivity index (χ0n) is 13.9. The van der Waals surface area contributed by atoms with E-state index in [1.54, 1.807) is 16.5 Å². The van der Waals surface area contributed by atoms with E-state index < -0.39 is 0 Å². The molecule has 0 radical (unpaired) electrons. The zero-order valence-corrected chi connectivity index (χ0v) is 13.9. The number of aryl methyl sites for hydroxylation is 2.